The van der Waals surface area contributed by atoms with E-state index in [-0.39, 0.29) is 18.1 Å². The Morgan fingerprint density at radius 2 is 2.19 bits per heavy atom. The third-order valence-electron chi connectivity index (χ3n) is 4.13. The zero-order valence-corrected chi connectivity index (χ0v) is 13.6. The number of anilines is 2. The number of amides is 1. The molecule has 0 unspecified atom stereocenters. The normalized spacial score (nSPS) is 17.5. The average molecular weight is 359 g/mol. The van der Waals surface area contributed by atoms with E-state index in [0.717, 1.165) is 18.7 Å². The van der Waals surface area contributed by atoms with Crippen molar-refractivity contribution < 1.29 is 13.6 Å². The number of fused-ring (bicyclic) bond motifs is 1. The van der Waals surface area contributed by atoms with Gasteiger partial charge in [-0.3, -0.25) is 4.79 Å². The fourth-order valence-electron chi connectivity index (χ4n) is 2.90. The number of nitrogens with zero attached hydrogens (tertiary/aromatic N) is 6. The van der Waals surface area contributed by atoms with Gasteiger partial charge in [-0.2, -0.15) is 5.10 Å². The summed E-state index contributed by atoms with van der Waals surface area (Å²) in [5.41, 5.74) is 0.625. The third kappa shape index (κ3) is 3.17. The van der Waals surface area contributed by atoms with Gasteiger partial charge in [-0.1, -0.05) is 0 Å². The lowest BCUT2D eigenvalue weighted by molar-refractivity contribution is 0.102. The zero-order valence-electron chi connectivity index (χ0n) is 13.6. The van der Waals surface area contributed by atoms with Crippen LogP contribution in [-0.2, 0) is 0 Å². The Kier molecular flexibility index (Phi) is 4.15. The first-order valence-electron chi connectivity index (χ1n) is 8.13. The number of aromatic nitrogens is 5. The molecule has 10 heteroatoms. The molecule has 1 aliphatic rings. The maximum atomic E-state index is 13.7. The van der Waals surface area contributed by atoms with Gasteiger partial charge in [0.15, 0.2) is 17.2 Å². The van der Waals surface area contributed by atoms with Gasteiger partial charge in [0.25, 0.3) is 5.91 Å². The molecular formula is C16H15F2N7O. The van der Waals surface area contributed by atoms with Gasteiger partial charge >= 0.3 is 0 Å². The Labute approximate surface area is 146 Å². The molecule has 0 aliphatic carbocycles. The van der Waals surface area contributed by atoms with E-state index in [2.05, 4.69) is 25.6 Å². The predicted molar refractivity (Wildman–Crippen MR) is 89.3 cm³/mol. The topological polar surface area (TPSA) is 88.3 Å². The van der Waals surface area contributed by atoms with Gasteiger partial charge in [-0.25, -0.2) is 18.3 Å². The van der Waals surface area contributed by atoms with E-state index in [1.54, 1.807) is 12.1 Å². The van der Waals surface area contributed by atoms with Crippen LogP contribution in [0.3, 0.4) is 0 Å². The summed E-state index contributed by atoms with van der Waals surface area (Å²) in [5.74, 6) is -0.612. The van der Waals surface area contributed by atoms with Gasteiger partial charge in [0.05, 0.1) is 18.9 Å². The summed E-state index contributed by atoms with van der Waals surface area (Å²) in [6.07, 6.45) is 2.71. The van der Waals surface area contributed by atoms with Gasteiger partial charge < -0.3 is 10.2 Å². The number of alkyl halides is 1. The monoisotopic (exact) mass is 359 g/mol. The van der Waals surface area contributed by atoms with Crippen LogP contribution in [0.15, 0.2) is 30.6 Å². The Bertz CT molecular complexity index is 961. The largest absolute Gasteiger partial charge is 0.352 e. The molecule has 4 heterocycles. The molecule has 26 heavy (non-hydrogen) atoms. The maximum absolute atomic E-state index is 13.7. The number of piperidine rings is 1. The summed E-state index contributed by atoms with van der Waals surface area (Å²) in [6.45, 7) is 0.974. The minimum absolute atomic E-state index is 0.0163. The van der Waals surface area contributed by atoms with E-state index in [1.165, 1.54) is 10.7 Å². The molecule has 0 spiro atoms. The second-order valence-corrected chi connectivity index (χ2v) is 6.00. The Morgan fingerprint density at radius 3 is 3.00 bits per heavy atom. The van der Waals surface area contributed by atoms with Gasteiger partial charge in [0, 0.05) is 12.6 Å². The van der Waals surface area contributed by atoms with E-state index in [0.29, 0.717) is 24.4 Å². The maximum Gasteiger partial charge on any atom is 0.277 e. The van der Waals surface area contributed by atoms with Crippen molar-refractivity contribution in [2.45, 2.75) is 19.0 Å². The van der Waals surface area contributed by atoms with Gasteiger partial charge in [-0.15, -0.1) is 10.2 Å². The Balaban J connectivity index is 1.63. The van der Waals surface area contributed by atoms with Crippen molar-refractivity contribution in [1.29, 1.82) is 0 Å². The van der Waals surface area contributed by atoms with Crippen molar-refractivity contribution in [3.63, 3.8) is 0 Å². The highest BCUT2D eigenvalue weighted by Crippen LogP contribution is 2.20. The second kappa shape index (κ2) is 6.62. The summed E-state index contributed by atoms with van der Waals surface area (Å²) in [4.78, 5) is 18.4. The van der Waals surface area contributed by atoms with Crippen LogP contribution in [0.4, 0.5) is 20.4 Å². The minimum atomic E-state index is -0.890. The van der Waals surface area contributed by atoms with Crippen LogP contribution in [-0.4, -0.2) is 50.0 Å². The van der Waals surface area contributed by atoms with E-state index in [4.69, 9.17) is 0 Å². The molecule has 1 N–H and O–H groups in total. The van der Waals surface area contributed by atoms with Crippen LogP contribution < -0.4 is 10.2 Å². The molecule has 4 rings (SSSR count). The first-order valence-corrected chi connectivity index (χ1v) is 8.13. The number of hydrogen-bond donors (Lipinski definition) is 1. The Morgan fingerprint density at radius 1 is 1.31 bits per heavy atom. The fourth-order valence-corrected chi connectivity index (χ4v) is 2.90. The lowest BCUT2D eigenvalue weighted by Gasteiger charge is -2.29. The third-order valence-corrected chi connectivity index (χ3v) is 4.13. The second-order valence-electron chi connectivity index (χ2n) is 6.00. The number of carbonyl (C=O) groups excluding carboxylic acids is 1. The Hall–Kier alpha value is -3.17. The molecule has 3 aromatic heterocycles. The lowest BCUT2D eigenvalue weighted by Crippen LogP contribution is -2.37. The first-order chi connectivity index (χ1) is 12.6. The fraction of sp³-hybridized carbons (Fsp3) is 0.312. The lowest BCUT2D eigenvalue weighted by atomic mass is 10.1. The van der Waals surface area contributed by atoms with Crippen LogP contribution in [0.5, 0.6) is 0 Å². The summed E-state index contributed by atoms with van der Waals surface area (Å²) in [6, 6.07) is 4.52. The van der Waals surface area contributed by atoms with Gasteiger partial charge in [-0.05, 0) is 25.0 Å². The van der Waals surface area contributed by atoms with Crippen LogP contribution in [0.25, 0.3) is 5.65 Å². The molecule has 0 radical (unpaired) electrons. The van der Waals surface area contributed by atoms with Crippen molar-refractivity contribution in [3.05, 3.63) is 42.1 Å². The molecular weight excluding hydrogens is 344 g/mol. The van der Waals surface area contributed by atoms with E-state index < -0.39 is 17.9 Å². The molecule has 134 valence electrons. The number of halogens is 2. The van der Waals surface area contributed by atoms with E-state index in [1.807, 2.05) is 4.90 Å². The molecule has 1 amide bonds. The van der Waals surface area contributed by atoms with E-state index >= 15 is 0 Å². The van der Waals surface area contributed by atoms with Crippen LogP contribution in [0.1, 0.15) is 23.3 Å². The smallest absolute Gasteiger partial charge is 0.277 e. The summed E-state index contributed by atoms with van der Waals surface area (Å²) in [5, 5.41) is 14.0. The number of rotatable bonds is 3. The molecule has 1 atom stereocenters. The predicted octanol–water partition coefficient (Wildman–Crippen LogP) is 1.85. The van der Waals surface area contributed by atoms with Crippen molar-refractivity contribution in [1.82, 2.24) is 24.8 Å². The number of nitrogens with one attached hydrogen (secondary N) is 1. The highest BCUT2D eigenvalue weighted by Gasteiger charge is 2.22. The number of carbonyl (C=O) groups is 1. The summed E-state index contributed by atoms with van der Waals surface area (Å²) >= 11 is 0. The van der Waals surface area contributed by atoms with Crippen LogP contribution >= 0.6 is 0 Å². The molecule has 8 nitrogen and oxygen atoms in total. The average Bonchev–Trinajstić information content (AvgIpc) is 3.05. The standard InChI is InChI=1S/C16H15F2N7O/c17-10-2-1-5-24(9-10)15-4-3-14-19-8-12(25(14)23-15)16(26)21-13-6-11(18)7-20-22-13/h3-4,6-8,10H,1-2,5,9H2,(H,21,22,26)/t10-/m0/s1. The van der Waals surface area contributed by atoms with Gasteiger partial charge in [0.2, 0.25) is 0 Å². The highest BCUT2D eigenvalue weighted by atomic mass is 19.1. The molecule has 0 saturated carbocycles. The minimum Gasteiger partial charge on any atom is -0.352 e. The highest BCUT2D eigenvalue weighted by molar-refractivity contribution is 6.02. The molecule has 0 bridgehead atoms. The quantitative estimate of drug-likeness (QED) is 0.768. The van der Waals surface area contributed by atoms with Gasteiger partial charge in [0.1, 0.15) is 17.8 Å². The van der Waals surface area contributed by atoms with Crippen molar-refractivity contribution in [2.75, 3.05) is 23.3 Å². The SMILES string of the molecule is O=C(Nc1cc(F)cnn1)c1cnc2ccc(N3CCC[C@H](F)C3)nn12. The van der Waals surface area contributed by atoms with Crippen LogP contribution in [0.2, 0.25) is 0 Å². The first kappa shape index (κ1) is 16.3. The summed E-state index contributed by atoms with van der Waals surface area (Å²) < 4.78 is 28.2. The van der Waals surface area contributed by atoms with Crippen molar-refractivity contribution in [3.8, 4) is 0 Å². The molecule has 3 aromatic rings. The zero-order chi connectivity index (χ0) is 18.1. The molecule has 1 aliphatic heterocycles. The number of hydrogen-bond acceptors (Lipinski definition) is 6. The van der Waals surface area contributed by atoms with E-state index in [9.17, 15) is 13.6 Å². The van der Waals surface area contributed by atoms with Crippen molar-refractivity contribution in [2.24, 2.45) is 0 Å². The molecule has 0 aromatic carbocycles. The summed E-state index contributed by atoms with van der Waals surface area (Å²) in [7, 11) is 0. The van der Waals surface area contributed by atoms with Crippen molar-refractivity contribution >= 4 is 23.2 Å². The van der Waals surface area contributed by atoms with Crippen LogP contribution in [0, 0.1) is 5.82 Å². The molecule has 1 saturated heterocycles. The number of imidazole rings is 1. The molecule has 1 fully saturated rings.